The Hall–Kier alpha value is -1.32. The summed E-state index contributed by atoms with van der Waals surface area (Å²) >= 11 is 7.91. The van der Waals surface area contributed by atoms with Gasteiger partial charge in [0.15, 0.2) is 5.15 Å². The second-order valence-corrected chi connectivity index (χ2v) is 5.35. The predicted molar refractivity (Wildman–Crippen MR) is 72.1 cm³/mol. The number of hydrogen-bond acceptors (Lipinski definition) is 2. The summed E-state index contributed by atoms with van der Waals surface area (Å²) in [6.45, 7) is 2.07. The van der Waals surface area contributed by atoms with Crippen molar-refractivity contribution in [1.29, 1.82) is 0 Å². The van der Waals surface area contributed by atoms with Gasteiger partial charge in [0, 0.05) is 17.0 Å². The third-order valence-corrected chi connectivity index (χ3v) is 3.95. The Morgan fingerprint density at radius 1 is 1.29 bits per heavy atom. The molecule has 4 heteroatoms. The smallest absolute Gasteiger partial charge is 0.155 e. The zero-order valence-electron chi connectivity index (χ0n) is 9.35. The minimum absolute atomic E-state index is 0.584. The Balaban J connectivity index is 2.16. The maximum absolute atomic E-state index is 6.16. The van der Waals surface area contributed by atoms with Gasteiger partial charge in [-0.1, -0.05) is 23.7 Å². The molecule has 17 heavy (non-hydrogen) atoms. The number of pyridine rings is 1. The van der Waals surface area contributed by atoms with E-state index in [-0.39, 0.29) is 0 Å². The molecule has 0 amide bonds. The molecule has 0 bridgehead atoms. The highest BCUT2D eigenvalue weighted by Gasteiger charge is 2.11. The van der Waals surface area contributed by atoms with Crippen LogP contribution in [-0.4, -0.2) is 9.38 Å². The van der Waals surface area contributed by atoms with Gasteiger partial charge >= 0.3 is 0 Å². The van der Waals surface area contributed by atoms with Crippen molar-refractivity contribution in [3.05, 3.63) is 57.3 Å². The lowest BCUT2D eigenvalue weighted by Crippen LogP contribution is -1.98. The topological polar surface area (TPSA) is 17.3 Å². The Bertz CT molecular complexity index is 655. The molecule has 0 radical (unpaired) electrons. The Morgan fingerprint density at radius 3 is 2.94 bits per heavy atom. The fourth-order valence-corrected chi connectivity index (χ4v) is 2.98. The van der Waals surface area contributed by atoms with Crippen LogP contribution in [0.1, 0.15) is 16.4 Å². The van der Waals surface area contributed by atoms with Gasteiger partial charge in [-0.15, -0.1) is 11.3 Å². The number of thiophene rings is 1. The average Bonchev–Trinajstić information content (AvgIpc) is 2.90. The zero-order chi connectivity index (χ0) is 11.8. The first-order valence-corrected chi connectivity index (χ1v) is 6.66. The van der Waals surface area contributed by atoms with Crippen LogP contribution in [0.4, 0.5) is 0 Å². The SMILES string of the molecule is Cc1cccc2c(Cl)nc(Cc3cccs3)n12. The molecular weight excluding hydrogens is 252 g/mol. The molecule has 0 fully saturated rings. The van der Waals surface area contributed by atoms with E-state index in [0.717, 1.165) is 23.5 Å². The summed E-state index contributed by atoms with van der Waals surface area (Å²) < 4.78 is 2.13. The van der Waals surface area contributed by atoms with Crippen LogP contribution in [0.25, 0.3) is 5.52 Å². The molecule has 0 saturated carbocycles. The van der Waals surface area contributed by atoms with Crippen LogP contribution in [-0.2, 0) is 6.42 Å². The number of rotatable bonds is 2. The van der Waals surface area contributed by atoms with Gasteiger partial charge in [0.25, 0.3) is 0 Å². The van der Waals surface area contributed by atoms with Crippen molar-refractivity contribution in [2.45, 2.75) is 13.3 Å². The summed E-state index contributed by atoms with van der Waals surface area (Å²) in [4.78, 5) is 5.76. The maximum Gasteiger partial charge on any atom is 0.155 e. The predicted octanol–water partition coefficient (Wildman–Crippen LogP) is 3.95. The van der Waals surface area contributed by atoms with Crippen LogP contribution in [0, 0.1) is 6.92 Å². The Labute approximate surface area is 108 Å². The number of aromatic nitrogens is 2. The van der Waals surface area contributed by atoms with Crippen LogP contribution in [0.15, 0.2) is 35.7 Å². The van der Waals surface area contributed by atoms with Gasteiger partial charge in [-0.25, -0.2) is 4.98 Å². The summed E-state index contributed by atoms with van der Waals surface area (Å²) in [6, 6.07) is 10.3. The summed E-state index contributed by atoms with van der Waals surface area (Å²) in [5.41, 5.74) is 2.15. The maximum atomic E-state index is 6.16. The van der Waals surface area contributed by atoms with Gasteiger partial charge in [0.05, 0.1) is 5.52 Å². The van der Waals surface area contributed by atoms with E-state index < -0.39 is 0 Å². The molecule has 86 valence electrons. The lowest BCUT2D eigenvalue weighted by Gasteiger charge is -2.03. The summed E-state index contributed by atoms with van der Waals surface area (Å²) in [5, 5.41) is 2.67. The summed E-state index contributed by atoms with van der Waals surface area (Å²) in [7, 11) is 0. The van der Waals surface area contributed by atoms with Crippen LogP contribution in [0.5, 0.6) is 0 Å². The van der Waals surface area contributed by atoms with E-state index >= 15 is 0 Å². The first-order chi connectivity index (χ1) is 8.25. The van der Waals surface area contributed by atoms with E-state index in [1.54, 1.807) is 11.3 Å². The van der Waals surface area contributed by atoms with E-state index in [9.17, 15) is 0 Å². The van der Waals surface area contributed by atoms with Gasteiger partial charge in [0.1, 0.15) is 5.82 Å². The number of halogens is 1. The largest absolute Gasteiger partial charge is 0.299 e. The van der Waals surface area contributed by atoms with Gasteiger partial charge < -0.3 is 0 Å². The van der Waals surface area contributed by atoms with Crippen molar-refractivity contribution in [3.63, 3.8) is 0 Å². The standard InChI is InChI=1S/C13H11ClN2S/c1-9-4-2-6-11-13(14)15-12(16(9)11)8-10-5-3-7-17-10/h2-7H,8H2,1H3. The monoisotopic (exact) mass is 262 g/mol. The van der Waals surface area contributed by atoms with Crippen molar-refractivity contribution < 1.29 is 0 Å². The molecule has 0 aliphatic heterocycles. The molecule has 3 heterocycles. The molecule has 2 nitrogen and oxygen atoms in total. The van der Waals surface area contributed by atoms with Crippen LogP contribution in [0.3, 0.4) is 0 Å². The fraction of sp³-hybridized carbons (Fsp3) is 0.154. The van der Waals surface area contributed by atoms with Crippen molar-refractivity contribution in [2.75, 3.05) is 0 Å². The molecule has 3 aromatic heterocycles. The molecule has 0 aliphatic rings. The normalized spacial score (nSPS) is 11.2. The van der Waals surface area contributed by atoms with Crippen molar-refractivity contribution in [2.24, 2.45) is 0 Å². The highest BCUT2D eigenvalue weighted by molar-refractivity contribution is 7.09. The molecule has 3 aromatic rings. The lowest BCUT2D eigenvalue weighted by atomic mass is 10.3. The van der Waals surface area contributed by atoms with Crippen molar-refractivity contribution in [1.82, 2.24) is 9.38 Å². The van der Waals surface area contributed by atoms with Crippen LogP contribution < -0.4 is 0 Å². The third-order valence-electron chi connectivity index (χ3n) is 2.79. The number of hydrogen-bond donors (Lipinski definition) is 0. The minimum atomic E-state index is 0.584. The molecular formula is C13H11ClN2S. The zero-order valence-corrected chi connectivity index (χ0v) is 10.9. The van der Waals surface area contributed by atoms with Crippen LogP contribution in [0.2, 0.25) is 5.15 Å². The number of imidazole rings is 1. The molecule has 0 spiro atoms. The van der Waals surface area contributed by atoms with Gasteiger partial charge in [-0.05, 0) is 30.5 Å². The second kappa shape index (κ2) is 4.17. The molecule has 3 rings (SSSR count). The molecule has 0 atom stereocenters. The Morgan fingerprint density at radius 2 is 2.18 bits per heavy atom. The quantitative estimate of drug-likeness (QED) is 0.684. The molecule has 0 aromatic carbocycles. The minimum Gasteiger partial charge on any atom is -0.299 e. The highest BCUT2D eigenvalue weighted by Crippen LogP contribution is 2.22. The molecule has 0 aliphatic carbocycles. The van der Waals surface area contributed by atoms with E-state index in [1.807, 2.05) is 12.1 Å². The van der Waals surface area contributed by atoms with Crippen molar-refractivity contribution in [3.8, 4) is 0 Å². The van der Waals surface area contributed by atoms with E-state index in [1.165, 1.54) is 4.88 Å². The first kappa shape index (κ1) is 10.8. The average molecular weight is 263 g/mol. The number of nitrogens with zero attached hydrogens (tertiary/aromatic N) is 2. The molecule has 0 saturated heterocycles. The van der Waals surface area contributed by atoms with Gasteiger partial charge in [0.2, 0.25) is 0 Å². The number of fused-ring (bicyclic) bond motifs is 1. The van der Waals surface area contributed by atoms with Gasteiger partial charge in [-0.3, -0.25) is 4.40 Å². The van der Waals surface area contributed by atoms with Crippen molar-refractivity contribution >= 4 is 28.5 Å². The van der Waals surface area contributed by atoms with E-state index in [4.69, 9.17) is 11.6 Å². The highest BCUT2D eigenvalue weighted by atomic mass is 35.5. The second-order valence-electron chi connectivity index (χ2n) is 3.96. The number of aryl methyl sites for hydroxylation is 1. The Kier molecular flexibility index (Phi) is 2.65. The van der Waals surface area contributed by atoms with E-state index in [0.29, 0.717) is 5.15 Å². The summed E-state index contributed by atoms with van der Waals surface area (Å²) in [6.07, 6.45) is 0.830. The van der Waals surface area contributed by atoms with Crippen LogP contribution >= 0.6 is 22.9 Å². The van der Waals surface area contributed by atoms with Gasteiger partial charge in [-0.2, -0.15) is 0 Å². The van der Waals surface area contributed by atoms with E-state index in [2.05, 4.69) is 39.9 Å². The fourth-order valence-electron chi connectivity index (χ4n) is 2.03. The molecule has 0 unspecified atom stereocenters. The molecule has 0 N–H and O–H groups in total. The third kappa shape index (κ3) is 1.85. The first-order valence-electron chi connectivity index (χ1n) is 5.40. The lowest BCUT2D eigenvalue weighted by molar-refractivity contribution is 0.941. The summed E-state index contributed by atoms with van der Waals surface area (Å²) in [5.74, 6) is 1.01.